The molecule has 6 nitrogen and oxygen atoms in total. The summed E-state index contributed by atoms with van der Waals surface area (Å²) in [4.78, 5) is 12.3. The third-order valence-electron chi connectivity index (χ3n) is 4.13. The van der Waals surface area contributed by atoms with E-state index in [1.807, 2.05) is 19.1 Å². The maximum absolute atomic E-state index is 12.3. The Balaban J connectivity index is 1.81. The van der Waals surface area contributed by atoms with Crippen LogP contribution < -0.4 is 16.9 Å². The van der Waals surface area contributed by atoms with E-state index in [0.29, 0.717) is 18.2 Å². The van der Waals surface area contributed by atoms with Crippen molar-refractivity contribution in [2.75, 3.05) is 19.7 Å². The molecular formula is C19H30N4O2. The molecule has 0 spiro atoms. The third-order valence-corrected chi connectivity index (χ3v) is 4.13. The van der Waals surface area contributed by atoms with Crippen molar-refractivity contribution in [1.29, 1.82) is 0 Å². The summed E-state index contributed by atoms with van der Waals surface area (Å²) in [6.07, 6.45) is 2.87. The highest BCUT2D eigenvalue weighted by atomic mass is 16.6. The van der Waals surface area contributed by atoms with E-state index in [-0.39, 0.29) is 24.5 Å². The molecule has 1 amide bonds. The number of epoxide rings is 1. The zero-order valence-electron chi connectivity index (χ0n) is 15.4. The first-order valence-electron chi connectivity index (χ1n) is 8.80. The fourth-order valence-electron chi connectivity index (χ4n) is 2.63. The number of nitrogens with zero attached hydrogens (tertiary/aromatic N) is 1. The van der Waals surface area contributed by atoms with Gasteiger partial charge in [-0.25, -0.2) is 5.84 Å². The molecular weight excluding hydrogens is 316 g/mol. The minimum Gasteiger partial charge on any atom is -0.399 e. The number of ether oxygens (including phenoxy) is 1. The molecule has 0 radical (unpaired) electrons. The van der Waals surface area contributed by atoms with Gasteiger partial charge in [0.05, 0.1) is 31.7 Å². The van der Waals surface area contributed by atoms with Gasteiger partial charge in [0.1, 0.15) is 0 Å². The standard InChI is InChI=1S/C19H30N4O2/c1-13(2)8-15-4-6-16(7-5-15)14(3)19(24)22-9-17(20)10-23(21)11-18-12-25-18/h4-7,10,13-14,18H,8-9,11-12,20-21H2,1-3H3,(H,22,24)/b17-10-. The van der Waals surface area contributed by atoms with Crippen molar-refractivity contribution >= 4 is 5.91 Å². The van der Waals surface area contributed by atoms with Crippen LogP contribution in [-0.2, 0) is 16.0 Å². The number of carbonyl (C=O) groups is 1. The molecule has 5 N–H and O–H groups in total. The van der Waals surface area contributed by atoms with Gasteiger partial charge in [0.15, 0.2) is 0 Å². The van der Waals surface area contributed by atoms with Crippen LogP contribution in [0.3, 0.4) is 0 Å². The predicted octanol–water partition coefficient (Wildman–Crippen LogP) is 1.48. The second kappa shape index (κ2) is 8.87. The number of amides is 1. The number of hydrogen-bond donors (Lipinski definition) is 3. The van der Waals surface area contributed by atoms with Crippen molar-refractivity contribution < 1.29 is 9.53 Å². The topological polar surface area (TPSA) is 96.9 Å². The average Bonchev–Trinajstić information content (AvgIpc) is 3.35. The number of nitrogens with one attached hydrogen (secondary N) is 1. The molecule has 0 bridgehead atoms. The molecule has 2 atom stereocenters. The molecule has 6 heteroatoms. The van der Waals surface area contributed by atoms with E-state index in [0.717, 1.165) is 18.6 Å². The molecule has 1 heterocycles. The van der Waals surface area contributed by atoms with E-state index in [1.165, 1.54) is 10.6 Å². The van der Waals surface area contributed by atoms with Crippen molar-refractivity contribution in [3.63, 3.8) is 0 Å². The van der Waals surface area contributed by atoms with Gasteiger partial charge < -0.3 is 20.8 Å². The Hall–Kier alpha value is -2.05. The molecule has 2 unspecified atom stereocenters. The molecule has 1 aliphatic heterocycles. The molecule has 25 heavy (non-hydrogen) atoms. The highest BCUT2D eigenvalue weighted by Crippen LogP contribution is 2.17. The van der Waals surface area contributed by atoms with Gasteiger partial charge in [-0.15, -0.1) is 0 Å². The number of nitrogens with two attached hydrogens (primary N) is 2. The van der Waals surface area contributed by atoms with Crippen LogP contribution in [-0.4, -0.2) is 36.7 Å². The Kier molecular flexibility index (Phi) is 6.84. The van der Waals surface area contributed by atoms with E-state index in [9.17, 15) is 4.79 Å². The summed E-state index contributed by atoms with van der Waals surface area (Å²) in [7, 11) is 0. The van der Waals surface area contributed by atoms with E-state index >= 15 is 0 Å². The van der Waals surface area contributed by atoms with E-state index in [1.54, 1.807) is 6.20 Å². The molecule has 0 aliphatic carbocycles. The largest absolute Gasteiger partial charge is 0.399 e. The lowest BCUT2D eigenvalue weighted by molar-refractivity contribution is -0.122. The van der Waals surface area contributed by atoms with Crippen molar-refractivity contribution in [1.82, 2.24) is 10.3 Å². The van der Waals surface area contributed by atoms with Gasteiger partial charge in [-0.1, -0.05) is 38.1 Å². The third kappa shape index (κ3) is 6.76. The quantitative estimate of drug-likeness (QED) is 0.357. The zero-order chi connectivity index (χ0) is 18.4. The van der Waals surface area contributed by atoms with Crippen molar-refractivity contribution in [3.8, 4) is 0 Å². The Bertz CT molecular complexity index is 594. The lowest BCUT2D eigenvalue weighted by Gasteiger charge is -2.16. The van der Waals surface area contributed by atoms with Crippen LogP contribution in [0, 0.1) is 5.92 Å². The number of benzene rings is 1. The summed E-state index contributed by atoms with van der Waals surface area (Å²) in [6.45, 7) is 7.91. The molecule has 1 aromatic rings. The first kappa shape index (κ1) is 19.3. The number of rotatable bonds is 9. The first-order chi connectivity index (χ1) is 11.8. The van der Waals surface area contributed by atoms with E-state index in [4.69, 9.17) is 16.3 Å². The Morgan fingerprint density at radius 3 is 2.56 bits per heavy atom. The number of hydrogen-bond acceptors (Lipinski definition) is 5. The fraction of sp³-hybridized carbons (Fsp3) is 0.526. The summed E-state index contributed by atoms with van der Waals surface area (Å²) in [5, 5.41) is 4.35. The van der Waals surface area contributed by atoms with Gasteiger partial charge >= 0.3 is 0 Å². The maximum atomic E-state index is 12.3. The lowest BCUT2D eigenvalue weighted by atomic mass is 9.96. The summed E-state index contributed by atoms with van der Waals surface area (Å²) >= 11 is 0. The zero-order valence-corrected chi connectivity index (χ0v) is 15.4. The first-order valence-corrected chi connectivity index (χ1v) is 8.80. The van der Waals surface area contributed by atoms with Crippen LogP contribution in [0.5, 0.6) is 0 Å². The maximum Gasteiger partial charge on any atom is 0.227 e. The second-order valence-corrected chi connectivity index (χ2v) is 7.14. The monoisotopic (exact) mass is 346 g/mol. The van der Waals surface area contributed by atoms with E-state index in [2.05, 4.69) is 31.3 Å². The Morgan fingerprint density at radius 1 is 1.36 bits per heavy atom. The number of hydrazine groups is 1. The molecule has 138 valence electrons. The smallest absolute Gasteiger partial charge is 0.227 e. The summed E-state index contributed by atoms with van der Waals surface area (Å²) in [6, 6.07) is 8.25. The van der Waals surface area contributed by atoms with E-state index < -0.39 is 0 Å². The van der Waals surface area contributed by atoms with Crippen LogP contribution in [0.1, 0.15) is 37.8 Å². The second-order valence-electron chi connectivity index (χ2n) is 7.14. The average molecular weight is 346 g/mol. The van der Waals surface area contributed by atoms with Gasteiger partial charge in [-0.3, -0.25) is 4.79 Å². The minimum atomic E-state index is -0.227. The predicted molar refractivity (Wildman–Crippen MR) is 99.3 cm³/mol. The Labute approximate surface area is 150 Å². The number of carbonyl (C=O) groups excluding carboxylic acids is 1. The molecule has 0 saturated carbocycles. The normalized spacial score (nSPS) is 18.1. The van der Waals surface area contributed by atoms with Crippen molar-refractivity contribution in [3.05, 3.63) is 47.3 Å². The molecule has 2 rings (SSSR count). The molecule has 1 aromatic carbocycles. The Morgan fingerprint density at radius 2 is 2.00 bits per heavy atom. The minimum absolute atomic E-state index is 0.0537. The summed E-state index contributed by atoms with van der Waals surface area (Å²) in [5.41, 5.74) is 8.71. The van der Waals surface area contributed by atoms with Gasteiger partial charge in [-0.05, 0) is 30.4 Å². The molecule has 1 saturated heterocycles. The highest BCUT2D eigenvalue weighted by Gasteiger charge is 2.23. The molecule has 1 fully saturated rings. The van der Waals surface area contributed by atoms with Crippen molar-refractivity contribution in [2.45, 2.75) is 39.2 Å². The summed E-state index contributed by atoms with van der Waals surface area (Å²) < 4.78 is 5.11. The SMILES string of the molecule is CC(C)Cc1ccc(C(C)C(=O)NC/C(N)=C/N(N)CC2CO2)cc1. The lowest BCUT2D eigenvalue weighted by Crippen LogP contribution is -2.34. The van der Waals surface area contributed by atoms with Gasteiger partial charge in [-0.2, -0.15) is 0 Å². The highest BCUT2D eigenvalue weighted by molar-refractivity contribution is 5.83. The fourth-order valence-corrected chi connectivity index (χ4v) is 2.63. The van der Waals surface area contributed by atoms with Crippen LogP contribution in [0.25, 0.3) is 0 Å². The molecule has 0 aromatic heterocycles. The summed E-state index contributed by atoms with van der Waals surface area (Å²) in [5.74, 6) is 6.15. The molecule has 1 aliphatic rings. The van der Waals surface area contributed by atoms with Gasteiger partial charge in [0, 0.05) is 11.9 Å². The van der Waals surface area contributed by atoms with Crippen LogP contribution in [0.2, 0.25) is 0 Å². The van der Waals surface area contributed by atoms with Crippen LogP contribution in [0.15, 0.2) is 36.2 Å². The van der Waals surface area contributed by atoms with Crippen LogP contribution >= 0.6 is 0 Å². The van der Waals surface area contributed by atoms with Crippen molar-refractivity contribution in [2.24, 2.45) is 17.5 Å². The van der Waals surface area contributed by atoms with Crippen LogP contribution in [0.4, 0.5) is 0 Å². The van der Waals surface area contributed by atoms with Gasteiger partial charge in [0.25, 0.3) is 0 Å². The van der Waals surface area contributed by atoms with Gasteiger partial charge in [0.2, 0.25) is 5.91 Å².